The van der Waals surface area contributed by atoms with E-state index < -0.39 is 28.0 Å². The van der Waals surface area contributed by atoms with Crippen LogP contribution in [-0.2, 0) is 24.3 Å². The Morgan fingerprint density at radius 2 is 1.96 bits per heavy atom. The highest BCUT2D eigenvalue weighted by Crippen LogP contribution is 2.15. The number of nitrogens with one attached hydrogen (secondary N) is 2. The molecule has 0 radical (unpaired) electrons. The van der Waals surface area contributed by atoms with E-state index in [0.29, 0.717) is 11.3 Å². The van der Waals surface area contributed by atoms with Crippen LogP contribution in [0.3, 0.4) is 0 Å². The fraction of sp³-hybridized carbons (Fsp3) is 0.235. The number of carbonyl (C=O) groups excluding carboxylic acids is 2. The predicted molar refractivity (Wildman–Crippen MR) is 99.5 cm³/mol. The number of ether oxygens (including phenoxy) is 1. The normalized spacial score (nSPS) is 12.0. The van der Waals surface area contributed by atoms with Crippen LogP contribution in [-0.4, -0.2) is 32.9 Å². The molecular weight excluding hydrogens is 390 g/mol. The van der Waals surface area contributed by atoms with Crippen molar-refractivity contribution in [3.8, 4) is 6.07 Å². The van der Waals surface area contributed by atoms with Crippen molar-refractivity contribution in [2.45, 2.75) is 23.7 Å². The third kappa shape index (κ3) is 6.18. The van der Waals surface area contributed by atoms with Crippen LogP contribution in [0.25, 0.3) is 0 Å². The van der Waals surface area contributed by atoms with Gasteiger partial charge >= 0.3 is 5.97 Å². The summed E-state index contributed by atoms with van der Waals surface area (Å²) in [6.45, 7) is 1.27. The van der Waals surface area contributed by atoms with E-state index in [0.717, 1.165) is 11.3 Å². The Labute approximate surface area is 160 Å². The fourth-order valence-corrected chi connectivity index (χ4v) is 4.03. The number of esters is 1. The summed E-state index contributed by atoms with van der Waals surface area (Å²) >= 11 is 1.07. The summed E-state index contributed by atoms with van der Waals surface area (Å²) in [6, 6.07) is 11.3. The number of nitrogens with zero attached hydrogens (tertiary/aromatic N) is 1. The zero-order chi connectivity index (χ0) is 19.9. The zero-order valence-electron chi connectivity index (χ0n) is 14.3. The molecule has 10 heteroatoms. The number of hydrogen-bond acceptors (Lipinski definition) is 7. The summed E-state index contributed by atoms with van der Waals surface area (Å²) < 4.78 is 31.3. The van der Waals surface area contributed by atoms with Crippen LogP contribution in [0.2, 0.25) is 0 Å². The lowest BCUT2D eigenvalue weighted by atomic mass is 10.2. The van der Waals surface area contributed by atoms with E-state index >= 15 is 0 Å². The zero-order valence-corrected chi connectivity index (χ0v) is 16.0. The number of nitriles is 1. The molecule has 0 bridgehead atoms. The number of rotatable bonds is 8. The van der Waals surface area contributed by atoms with E-state index in [1.165, 1.54) is 13.0 Å². The second kappa shape index (κ2) is 9.27. The summed E-state index contributed by atoms with van der Waals surface area (Å²) in [5, 5.41) is 12.9. The van der Waals surface area contributed by atoms with Crippen LogP contribution in [0.5, 0.6) is 0 Å². The third-order valence-corrected chi connectivity index (χ3v) is 6.20. The van der Waals surface area contributed by atoms with Crippen molar-refractivity contribution in [2.24, 2.45) is 0 Å². The first-order valence-electron chi connectivity index (χ1n) is 7.85. The Morgan fingerprint density at radius 1 is 1.26 bits per heavy atom. The molecule has 2 rings (SSSR count). The van der Waals surface area contributed by atoms with Gasteiger partial charge in [-0.15, -0.1) is 11.3 Å². The monoisotopic (exact) mass is 407 g/mol. The molecule has 0 saturated heterocycles. The van der Waals surface area contributed by atoms with Crippen molar-refractivity contribution in [2.75, 3.05) is 11.9 Å². The molecule has 2 aromatic rings. The highest BCUT2D eigenvalue weighted by Gasteiger charge is 2.19. The molecule has 1 atom stereocenters. The van der Waals surface area contributed by atoms with Crippen molar-refractivity contribution >= 4 is 38.9 Å². The smallest absolute Gasteiger partial charge is 0.307 e. The molecule has 1 aromatic heterocycles. The Kier molecular flexibility index (Phi) is 7.06. The van der Waals surface area contributed by atoms with Crippen LogP contribution >= 0.6 is 11.3 Å². The molecule has 2 N–H and O–H groups in total. The lowest BCUT2D eigenvalue weighted by Gasteiger charge is -2.13. The lowest BCUT2D eigenvalue weighted by molar-refractivity contribution is -0.152. The van der Waals surface area contributed by atoms with Gasteiger partial charge in [-0.1, -0.05) is 6.07 Å². The van der Waals surface area contributed by atoms with Gasteiger partial charge in [-0.3, -0.25) is 9.59 Å². The summed E-state index contributed by atoms with van der Waals surface area (Å²) in [5.41, 5.74) is 0.920. The maximum Gasteiger partial charge on any atom is 0.307 e. The molecule has 1 aromatic carbocycles. The van der Waals surface area contributed by atoms with Crippen LogP contribution in [0.4, 0.5) is 5.69 Å². The van der Waals surface area contributed by atoms with Gasteiger partial charge in [0.05, 0.1) is 18.1 Å². The maximum atomic E-state index is 12.0. The van der Waals surface area contributed by atoms with Gasteiger partial charge in [0.1, 0.15) is 4.21 Å². The first-order valence-corrected chi connectivity index (χ1v) is 10.2. The fourth-order valence-electron chi connectivity index (χ4n) is 1.96. The van der Waals surface area contributed by atoms with E-state index in [1.807, 2.05) is 6.07 Å². The topological polar surface area (TPSA) is 125 Å². The van der Waals surface area contributed by atoms with Crippen molar-refractivity contribution < 1.29 is 22.7 Å². The van der Waals surface area contributed by atoms with E-state index in [4.69, 9.17) is 10.00 Å². The highest BCUT2D eigenvalue weighted by atomic mass is 32.2. The lowest BCUT2D eigenvalue weighted by Crippen LogP contribution is -2.32. The average molecular weight is 407 g/mol. The third-order valence-electron chi connectivity index (χ3n) is 3.34. The number of benzene rings is 1. The number of thiophene rings is 1. The first-order chi connectivity index (χ1) is 12.8. The molecule has 0 saturated carbocycles. The minimum Gasteiger partial charge on any atom is -0.452 e. The number of amides is 1. The highest BCUT2D eigenvalue weighted by molar-refractivity contribution is 7.91. The summed E-state index contributed by atoms with van der Waals surface area (Å²) in [5.74, 6) is -1.24. The molecule has 0 aliphatic heterocycles. The largest absolute Gasteiger partial charge is 0.452 e. The van der Waals surface area contributed by atoms with Gasteiger partial charge in [-0.25, -0.2) is 13.1 Å². The molecule has 0 aliphatic rings. The molecule has 8 nitrogen and oxygen atoms in total. The van der Waals surface area contributed by atoms with Gasteiger partial charge in [0.25, 0.3) is 5.91 Å². The predicted octanol–water partition coefficient (Wildman–Crippen LogP) is 1.86. The Bertz CT molecular complexity index is 932. The van der Waals surface area contributed by atoms with Crippen molar-refractivity contribution in [1.82, 2.24) is 4.72 Å². The van der Waals surface area contributed by atoms with E-state index in [9.17, 15) is 18.0 Å². The minimum atomic E-state index is -3.65. The number of carbonyl (C=O) groups is 2. The summed E-state index contributed by atoms with van der Waals surface area (Å²) in [7, 11) is -3.65. The molecule has 27 heavy (non-hydrogen) atoms. The van der Waals surface area contributed by atoms with Crippen LogP contribution < -0.4 is 10.0 Å². The SMILES string of the molecule is C[C@@H](OC(=O)CCNS(=O)(=O)c1cccs1)C(=O)Nc1ccc(C#N)cc1. The molecule has 0 aliphatic carbocycles. The van der Waals surface area contributed by atoms with E-state index in [2.05, 4.69) is 10.0 Å². The minimum absolute atomic E-state index is 0.136. The van der Waals surface area contributed by atoms with Crippen molar-refractivity contribution in [3.63, 3.8) is 0 Å². The van der Waals surface area contributed by atoms with Gasteiger partial charge in [0, 0.05) is 12.2 Å². The average Bonchev–Trinajstić information content (AvgIpc) is 3.17. The van der Waals surface area contributed by atoms with Gasteiger partial charge in [0.15, 0.2) is 6.10 Å². The molecule has 1 amide bonds. The van der Waals surface area contributed by atoms with E-state index in [-0.39, 0.29) is 17.2 Å². The van der Waals surface area contributed by atoms with E-state index in [1.54, 1.807) is 35.7 Å². The second-order valence-corrected chi connectivity index (χ2v) is 8.33. The molecule has 0 spiro atoms. The number of sulfonamides is 1. The molecule has 142 valence electrons. The van der Waals surface area contributed by atoms with Gasteiger partial charge < -0.3 is 10.1 Å². The van der Waals surface area contributed by atoms with Gasteiger partial charge in [0.2, 0.25) is 10.0 Å². The van der Waals surface area contributed by atoms with Crippen molar-refractivity contribution in [3.05, 3.63) is 47.3 Å². The summed E-state index contributed by atoms with van der Waals surface area (Å²) in [6.07, 6.45) is -1.26. The Balaban J connectivity index is 1.77. The maximum absolute atomic E-state index is 12.0. The number of anilines is 1. The quantitative estimate of drug-likeness (QED) is 0.644. The molecular formula is C17H17N3O5S2. The standard InChI is InChI=1S/C17H17N3O5S2/c1-12(17(22)20-14-6-4-13(11-18)5-7-14)25-15(21)8-9-19-27(23,24)16-3-2-10-26-16/h2-7,10,12,19H,8-9H2,1H3,(H,20,22)/t12-/m1/s1. The van der Waals surface area contributed by atoms with Crippen LogP contribution in [0.15, 0.2) is 46.0 Å². The van der Waals surface area contributed by atoms with Gasteiger partial charge in [-0.2, -0.15) is 5.26 Å². The molecule has 0 fully saturated rings. The van der Waals surface area contributed by atoms with Crippen LogP contribution in [0, 0.1) is 11.3 Å². The summed E-state index contributed by atoms with van der Waals surface area (Å²) in [4.78, 5) is 23.8. The molecule has 0 unspecified atom stereocenters. The second-order valence-electron chi connectivity index (χ2n) is 5.39. The van der Waals surface area contributed by atoms with Crippen LogP contribution in [0.1, 0.15) is 18.9 Å². The van der Waals surface area contributed by atoms with Crippen molar-refractivity contribution in [1.29, 1.82) is 5.26 Å². The first kappa shape index (κ1) is 20.6. The number of hydrogen-bond donors (Lipinski definition) is 2. The molecule has 1 heterocycles. The Morgan fingerprint density at radius 3 is 2.56 bits per heavy atom. The van der Waals surface area contributed by atoms with Gasteiger partial charge in [-0.05, 0) is 42.6 Å². The Hall–Kier alpha value is -2.74.